The van der Waals surface area contributed by atoms with Crippen LogP contribution in [0.3, 0.4) is 0 Å². The van der Waals surface area contributed by atoms with Crippen molar-refractivity contribution in [2.75, 3.05) is 0 Å². The molecule has 3 rings (SSSR count). The summed E-state index contributed by atoms with van der Waals surface area (Å²) in [4.78, 5) is -0.0436. The van der Waals surface area contributed by atoms with Crippen LogP contribution < -0.4 is 4.74 Å². The second-order valence-corrected chi connectivity index (χ2v) is 6.56. The van der Waals surface area contributed by atoms with E-state index < -0.39 is 11.1 Å². The summed E-state index contributed by atoms with van der Waals surface area (Å²) in [6, 6.07) is 17.6. The van der Waals surface area contributed by atoms with Crippen LogP contribution in [-0.4, -0.2) is 0 Å². The summed E-state index contributed by atoms with van der Waals surface area (Å²) in [6.07, 6.45) is -4.38. The Morgan fingerprint density at radius 1 is 0.958 bits per heavy atom. The molecule has 2 aromatic carbocycles. The van der Waals surface area contributed by atoms with E-state index in [0.717, 1.165) is 16.9 Å². The first-order valence-corrected chi connectivity index (χ1v) is 8.20. The average molecular weight is 348 g/mol. The number of halogens is 3. The van der Waals surface area contributed by atoms with Crippen LogP contribution in [0.25, 0.3) is 11.1 Å². The standard InChI is InChI=1S/C19H15F3OS/c1-13-7-9-15(10-8-13)23-12-16-11-17(14-5-3-2-4-6-14)18(24-16)19(20,21)22/h2-11H,12H2,1H3. The van der Waals surface area contributed by atoms with Gasteiger partial charge in [0.05, 0.1) is 0 Å². The smallest absolute Gasteiger partial charge is 0.426 e. The van der Waals surface area contributed by atoms with E-state index in [1.807, 2.05) is 31.2 Å². The first-order valence-electron chi connectivity index (χ1n) is 7.38. The van der Waals surface area contributed by atoms with Gasteiger partial charge in [0.1, 0.15) is 17.2 Å². The van der Waals surface area contributed by atoms with Gasteiger partial charge in [0.2, 0.25) is 0 Å². The highest BCUT2D eigenvalue weighted by Gasteiger charge is 2.36. The second-order valence-electron chi connectivity index (χ2n) is 5.42. The van der Waals surface area contributed by atoms with Gasteiger partial charge in [0.15, 0.2) is 0 Å². The molecule has 0 saturated carbocycles. The predicted molar refractivity (Wildman–Crippen MR) is 90.3 cm³/mol. The fourth-order valence-corrected chi connectivity index (χ4v) is 3.30. The minimum absolute atomic E-state index is 0.115. The lowest BCUT2D eigenvalue weighted by Gasteiger charge is -2.07. The Morgan fingerprint density at radius 2 is 1.62 bits per heavy atom. The molecule has 1 nitrogen and oxygen atoms in total. The first-order chi connectivity index (χ1) is 11.4. The van der Waals surface area contributed by atoms with Gasteiger partial charge < -0.3 is 4.74 Å². The van der Waals surface area contributed by atoms with Crippen LogP contribution in [0.2, 0.25) is 0 Å². The molecule has 1 aromatic heterocycles. The number of thiophene rings is 1. The van der Waals surface area contributed by atoms with Crippen LogP contribution in [0.4, 0.5) is 13.2 Å². The normalized spacial score (nSPS) is 11.5. The third kappa shape index (κ3) is 3.79. The topological polar surface area (TPSA) is 9.23 Å². The number of rotatable bonds is 4. The van der Waals surface area contributed by atoms with Crippen molar-refractivity contribution in [3.05, 3.63) is 76.0 Å². The number of benzene rings is 2. The predicted octanol–water partition coefficient (Wildman–Crippen LogP) is 6.32. The Morgan fingerprint density at radius 3 is 2.25 bits per heavy atom. The highest BCUT2D eigenvalue weighted by Crippen LogP contribution is 2.43. The van der Waals surface area contributed by atoms with Crippen LogP contribution in [0.5, 0.6) is 5.75 Å². The van der Waals surface area contributed by atoms with Gasteiger partial charge in [-0.05, 0) is 30.7 Å². The maximum Gasteiger partial charge on any atom is 0.426 e. The average Bonchev–Trinajstić information content (AvgIpc) is 3.00. The van der Waals surface area contributed by atoms with Crippen molar-refractivity contribution in [3.8, 4) is 16.9 Å². The van der Waals surface area contributed by atoms with Crippen molar-refractivity contribution in [2.24, 2.45) is 0 Å². The maximum atomic E-state index is 13.3. The summed E-state index contributed by atoms with van der Waals surface area (Å²) in [5, 5.41) is 0. The van der Waals surface area contributed by atoms with Gasteiger partial charge in [0.25, 0.3) is 0 Å². The molecule has 3 aromatic rings. The minimum atomic E-state index is -4.38. The Bertz CT molecular complexity index is 805. The quantitative estimate of drug-likeness (QED) is 0.536. The second kappa shape index (κ2) is 6.69. The van der Waals surface area contributed by atoms with Crippen LogP contribution in [-0.2, 0) is 12.8 Å². The van der Waals surface area contributed by atoms with Gasteiger partial charge in [-0.1, -0.05) is 48.0 Å². The zero-order chi connectivity index (χ0) is 17.2. The molecular formula is C19H15F3OS. The third-order valence-electron chi connectivity index (χ3n) is 3.53. The van der Waals surface area contributed by atoms with Crippen molar-refractivity contribution in [3.63, 3.8) is 0 Å². The Hall–Kier alpha value is -2.27. The summed E-state index contributed by atoms with van der Waals surface area (Å²) in [7, 11) is 0. The minimum Gasteiger partial charge on any atom is -0.488 e. The van der Waals surface area contributed by atoms with Crippen LogP contribution in [0.1, 0.15) is 15.3 Å². The zero-order valence-electron chi connectivity index (χ0n) is 12.9. The van der Waals surface area contributed by atoms with Crippen molar-refractivity contribution >= 4 is 11.3 Å². The molecule has 0 unspecified atom stereocenters. The van der Waals surface area contributed by atoms with E-state index in [9.17, 15) is 13.2 Å². The van der Waals surface area contributed by atoms with Crippen molar-refractivity contribution in [2.45, 2.75) is 19.7 Å². The monoisotopic (exact) mass is 348 g/mol. The summed E-state index contributed by atoms with van der Waals surface area (Å²) in [6.45, 7) is 2.08. The van der Waals surface area contributed by atoms with E-state index >= 15 is 0 Å². The third-order valence-corrected chi connectivity index (χ3v) is 4.68. The number of alkyl halides is 3. The molecule has 24 heavy (non-hydrogen) atoms. The summed E-state index contributed by atoms with van der Waals surface area (Å²) in [5.41, 5.74) is 1.86. The highest BCUT2D eigenvalue weighted by atomic mass is 32.1. The molecule has 5 heteroatoms. The van der Waals surface area contributed by atoms with Crippen molar-refractivity contribution < 1.29 is 17.9 Å². The molecule has 0 atom stereocenters. The molecule has 0 saturated heterocycles. The van der Waals surface area contributed by atoms with Crippen molar-refractivity contribution in [1.29, 1.82) is 0 Å². The number of hydrogen-bond acceptors (Lipinski definition) is 2. The van der Waals surface area contributed by atoms with E-state index in [2.05, 4.69) is 0 Å². The van der Waals surface area contributed by atoms with E-state index in [1.165, 1.54) is 0 Å². The number of ether oxygens (including phenoxy) is 1. The van der Waals surface area contributed by atoms with E-state index in [4.69, 9.17) is 4.74 Å². The molecule has 0 radical (unpaired) electrons. The van der Waals surface area contributed by atoms with Gasteiger partial charge in [-0.2, -0.15) is 13.2 Å². The molecule has 1 heterocycles. The fraction of sp³-hybridized carbons (Fsp3) is 0.158. The summed E-state index contributed by atoms with van der Waals surface area (Å²) < 4.78 is 45.6. The van der Waals surface area contributed by atoms with Crippen LogP contribution in [0.15, 0.2) is 60.7 Å². The largest absolute Gasteiger partial charge is 0.488 e. The van der Waals surface area contributed by atoms with E-state index in [0.29, 0.717) is 16.2 Å². The summed E-state index contributed by atoms with van der Waals surface area (Å²) >= 11 is 0.734. The molecule has 0 aliphatic carbocycles. The lowest BCUT2D eigenvalue weighted by Crippen LogP contribution is -2.03. The van der Waals surface area contributed by atoms with Gasteiger partial charge in [0, 0.05) is 10.4 Å². The van der Waals surface area contributed by atoms with Gasteiger partial charge in [-0.25, -0.2) is 0 Å². The Labute approximate surface area is 142 Å². The Balaban J connectivity index is 1.87. The van der Waals surface area contributed by atoms with Crippen LogP contribution in [0, 0.1) is 6.92 Å². The molecule has 0 spiro atoms. The number of aryl methyl sites for hydroxylation is 1. The maximum absolute atomic E-state index is 13.3. The van der Waals surface area contributed by atoms with Crippen molar-refractivity contribution in [1.82, 2.24) is 0 Å². The SMILES string of the molecule is Cc1ccc(OCc2cc(-c3ccccc3)c(C(F)(F)F)s2)cc1. The Kier molecular flexibility index (Phi) is 4.62. The molecule has 124 valence electrons. The summed E-state index contributed by atoms with van der Waals surface area (Å²) in [5.74, 6) is 0.642. The molecule has 0 bridgehead atoms. The molecule has 0 amide bonds. The lowest BCUT2D eigenvalue weighted by molar-refractivity contribution is -0.133. The lowest BCUT2D eigenvalue weighted by atomic mass is 10.1. The molecular weight excluding hydrogens is 333 g/mol. The molecule has 0 N–H and O–H groups in total. The first kappa shape index (κ1) is 16.6. The highest BCUT2D eigenvalue weighted by molar-refractivity contribution is 7.12. The fourth-order valence-electron chi connectivity index (χ4n) is 2.34. The van der Waals surface area contributed by atoms with E-state index in [-0.39, 0.29) is 12.2 Å². The molecule has 0 fully saturated rings. The zero-order valence-corrected chi connectivity index (χ0v) is 13.7. The van der Waals surface area contributed by atoms with E-state index in [1.54, 1.807) is 36.4 Å². The van der Waals surface area contributed by atoms with Crippen LogP contribution >= 0.6 is 11.3 Å². The van der Waals surface area contributed by atoms with Gasteiger partial charge >= 0.3 is 6.18 Å². The molecule has 0 aliphatic heterocycles. The van der Waals surface area contributed by atoms with Gasteiger partial charge in [-0.3, -0.25) is 0 Å². The molecule has 0 aliphatic rings. The number of hydrogen-bond donors (Lipinski definition) is 0. The van der Waals surface area contributed by atoms with Gasteiger partial charge in [-0.15, -0.1) is 11.3 Å².